The number of ketones is 1. The van der Waals surface area contributed by atoms with Gasteiger partial charge in [-0.15, -0.1) is 0 Å². The van der Waals surface area contributed by atoms with Crippen LogP contribution in [0.4, 0.5) is 0 Å². The summed E-state index contributed by atoms with van der Waals surface area (Å²) >= 11 is 0. The average molecular weight is 856 g/mol. The fourth-order valence-electron chi connectivity index (χ4n) is 8.69. The first-order valence-corrected chi connectivity index (χ1v) is 21.2. The van der Waals surface area contributed by atoms with Crippen molar-refractivity contribution in [3.8, 4) is 11.5 Å². The van der Waals surface area contributed by atoms with Crippen molar-refractivity contribution >= 4 is 23.4 Å². The second-order valence-corrected chi connectivity index (χ2v) is 17.4. The van der Waals surface area contributed by atoms with E-state index in [1.54, 1.807) is 52.9 Å². The summed E-state index contributed by atoms with van der Waals surface area (Å²) in [5, 5.41) is 35.4. The molecule has 5 heterocycles. The van der Waals surface area contributed by atoms with E-state index >= 15 is 0 Å². The third-order valence-corrected chi connectivity index (χ3v) is 12.2. The Morgan fingerprint density at radius 1 is 1.10 bits per heavy atom. The third-order valence-electron chi connectivity index (χ3n) is 12.2. The van der Waals surface area contributed by atoms with Crippen molar-refractivity contribution in [1.29, 1.82) is 0 Å². The molecule has 3 aliphatic heterocycles. The van der Waals surface area contributed by atoms with Gasteiger partial charge in [0.05, 0.1) is 37.2 Å². The van der Waals surface area contributed by atoms with Gasteiger partial charge >= 0.3 is 5.97 Å². The minimum Gasteiger partial charge on any atom is -0.459 e. The molecule has 17 heteroatoms. The summed E-state index contributed by atoms with van der Waals surface area (Å²) in [5.74, 6) is -3.91. The number of carbonyl (C=O) groups excluding carboxylic acids is 3. The molecule has 5 rings (SSSR count). The fourth-order valence-corrected chi connectivity index (χ4v) is 8.69. The van der Waals surface area contributed by atoms with E-state index in [0.29, 0.717) is 34.7 Å². The molecule has 2 bridgehead atoms. The number of aliphatic hydroxyl groups is 2. The number of carbonyl (C=O) groups is 3. The predicted molar refractivity (Wildman–Crippen MR) is 222 cm³/mol. The van der Waals surface area contributed by atoms with Gasteiger partial charge in [-0.3, -0.25) is 19.4 Å². The molecule has 1 amide bonds. The Morgan fingerprint density at radius 2 is 1.84 bits per heavy atom. The number of allylic oxidation sites excluding steroid dienone is 1. The topological polar surface area (TPSA) is 214 Å². The molecule has 0 unspecified atom stereocenters. The molecule has 61 heavy (non-hydrogen) atoms. The highest BCUT2D eigenvalue weighted by molar-refractivity contribution is 6.00. The van der Waals surface area contributed by atoms with Crippen LogP contribution < -0.4 is 5.32 Å². The highest BCUT2D eigenvalue weighted by Gasteiger charge is 2.52. The first-order valence-electron chi connectivity index (χ1n) is 21.2. The fraction of sp³-hybridized carbons (Fsp3) is 0.682. The maximum atomic E-state index is 14.5. The molecule has 2 aromatic heterocycles. The van der Waals surface area contributed by atoms with Crippen molar-refractivity contribution in [1.82, 2.24) is 20.4 Å². The van der Waals surface area contributed by atoms with E-state index in [4.69, 9.17) is 33.0 Å². The molecule has 12 atom stereocenters. The maximum absolute atomic E-state index is 14.5. The Bertz CT molecular complexity index is 1870. The number of likely N-dealkylation sites (N-methyl/N-ethyl adjacent to an activating group) is 1. The van der Waals surface area contributed by atoms with Gasteiger partial charge in [-0.1, -0.05) is 44.1 Å². The van der Waals surface area contributed by atoms with Gasteiger partial charge in [0.25, 0.3) is 0 Å². The van der Waals surface area contributed by atoms with Gasteiger partial charge in [0.2, 0.25) is 5.91 Å². The van der Waals surface area contributed by atoms with Crippen LogP contribution in [0.3, 0.4) is 0 Å². The standard InChI is InChI=1S/C44H65N5O12/c1-12-34-44(9,54)40-26(5)36(47-35(50)13-2)24(3)19-43(8,56-23-30(22-55-40)48-57-21-29-14-15-31(45-20-29)33-16-17-46-61-33)39(27(6)37(51)28(7)41(53)59-34)60-42-38(52)32(49(10)11)18-25(4)58-42/h14-17,20,24-25,27-28,32,34,38-40,42,52,54H,12-13,18-19,21-23H2,1-11H3,(H,47,50)/b36-26+,48-30?/t24-,25-,27+,28-,32+,34-,38-,39-,40-,42+,43-,44-/m1/s1. The number of amides is 1. The SMILES string of the molecule is CCC(=O)N/C1=C(\C)[C@H]2OCC(=NOCc3ccc(-c4ccno4)nc3)CO[C@](C)(C[C@H]1C)[C@H](O[C@@H]1O[C@H](C)C[C@H](N(C)C)[C@H]1O)[C@@H](C)C(=O)[C@@H](C)C(=O)O[C@H](CC)[C@@]2(C)O. The quantitative estimate of drug-likeness (QED) is 0.172. The van der Waals surface area contributed by atoms with Crippen molar-refractivity contribution in [3.63, 3.8) is 0 Å². The number of aliphatic hydroxyl groups excluding tert-OH is 1. The number of pyridine rings is 1. The van der Waals surface area contributed by atoms with Crippen LogP contribution >= 0.6 is 0 Å². The zero-order chi connectivity index (χ0) is 44.8. The first kappa shape index (κ1) is 47.9. The molecule has 3 aliphatic rings. The summed E-state index contributed by atoms with van der Waals surface area (Å²) in [6, 6.07) is 4.97. The zero-order valence-corrected chi connectivity index (χ0v) is 37.4. The summed E-state index contributed by atoms with van der Waals surface area (Å²) < 4.78 is 37.7. The molecule has 3 N–H and O–H groups in total. The second-order valence-electron chi connectivity index (χ2n) is 17.4. The molecular weight excluding hydrogens is 791 g/mol. The van der Waals surface area contributed by atoms with E-state index in [1.807, 2.05) is 38.9 Å². The second kappa shape index (κ2) is 20.4. The molecule has 2 aromatic rings. The zero-order valence-electron chi connectivity index (χ0n) is 37.4. The molecule has 0 saturated carbocycles. The molecule has 17 nitrogen and oxygen atoms in total. The summed E-state index contributed by atoms with van der Waals surface area (Å²) in [6.45, 7) is 15.1. The number of cyclic esters (lactones) is 1. The molecule has 0 aromatic carbocycles. The Labute approximate surface area is 358 Å². The molecule has 1 fully saturated rings. The van der Waals surface area contributed by atoms with Crippen LogP contribution in [-0.4, -0.2) is 130 Å². The van der Waals surface area contributed by atoms with Gasteiger partial charge in [0.15, 0.2) is 17.8 Å². The minimum absolute atomic E-state index is 0.0277. The van der Waals surface area contributed by atoms with Crippen LogP contribution in [0.1, 0.15) is 93.6 Å². The van der Waals surface area contributed by atoms with Gasteiger partial charge in [-0.05, 0) is 85.5 Å². The highest BCUT2D eigenvalue weighted by Crippen LogP contribution is 2.40. The third kappa shape index (κ3) is 11.1. The largest absolute Gasteiger partial charge is 0.459 e. The number of Topliss-reactive ketones (excluding diaryl/α,β-unsaturated/α-hetero) is 1. The number of fused-ring (bicyclic) bond motifs is 4. The van der Waals surface area contributed by atoms with E-state index in [0.717, 1.165) is 0 Å². The summed E-state index contributed by atoms with van der Waals surface area (Å²) in [6.07, 6.45) is -1.89. The smallest absolute Gasteiger partial charge is 0.316 e. The lowest BCUT2D eigenvalue weighted by Gasteiger charge is -2.47. The van der Waals surface area contributed by atoms with E-state index in [9.17, 15) is 24.6 Å². The molecule has 0 aliphatic carbocycles. The van der Waals surface area contributed by atoms with Crippen LogP contribution in [0.2, 0.25) is 0 Å². The highest BCUT2D eigenvalue weighted by atomic mass is 16.7. The average Bonchev–Trinajstić information content (AvgIpc) is 3.77. The Morgan fingerprint density at radius 3 is 2.46 bits per heavy atom. The van der Waals surface area contributed by atoms with E-state index in [1.165, 1.54) is 20.0 Å². The number of hydrogen-bond donors (Lipinski definition) is 3. The minimum atomic E-state index is -1.88. The summed E-state index contributed by atoms with van der Waals surface area (Å²) in [5.41, 5.74) is -0.757. The number of oxime groups is 1. The Hall–Kier alpha value is -4.10. The number of nitrogens with zero attached hydrogens (tertiary/aromatic N) is 4. The maximum Gasteiger partial charge on any atom is 0.316 e. The number of aromatic nitrogens is 2. The van der Waals surface area contributed by atoms with Crippen molar-refractivity contribution in [3.05, 3.63) is 47.4 Å². The van der Waals surface area contributed by atoms with Crippen LogP contribution in [0.15, 0.2) is 51.5 Å². The molecule has 338 valence electrons. The number of nitrogens with one attached hydrogen (secondary N) is 1. The lowest BCUT2D eigenvalue weighted by Crippen LogP contribution is -2.59. The van der Waals surface area contributed by atoms with Crippen LogP contribution in [0.25, 0.3) is 11.5 Å². The molecule has 0 spiro atoms. The van der Waals surface area contributed by atoms with Gasteiger partial charge in [0.1, 0.15) is 47.8 Å². The first-order chi connectivity index (χ1) is 28.8. The number of esters is 1. The van der Waals surface area contributed by atoms with Crippen molar-refractivity contribution in [2.24, 2.45) is 22.9 Å². The van der Waals surface area contributed by atoms with Crippen molar-refractivity contribution in [2.45, 2.75) is 149 Å². The van der Waals surface area contributed by atoms with Gasteiger partial charge in [0, 0.05) is 41.9 Å². The van der Waals surface area contributed by atoms with E-state index in [2.05, 4.69) is 20.6 Å². The summed E-state index contributed by atoms with van der Waals surface area (Å²) in [7, 11) is 3.73. The van der Waals surface area contributed by atoms with Crippen molar-refractivity contribution < 1.29 is 57.6 Å². The van der Waals surface area contributed by atoms with E-state index in [-0.39, 0.29) is 62.8 Å². The van der Waals surface area contributed by atoms with Crippen LogP contribution in [0.5, 0.6) is 0 Å². The number of hydrogen-bond acceptors (Lipinski definition) is 16. The molecule has 1 saturated heterocycles. The Balaban J connectivity index is 1.65. The monoisotopic (exact) mass is 855 g/mol. The van der Waals surface area contributed by atoms with Gasteiger partial charge in [-0.25, -0.2) is 0 Å². The molecular formula is C44H65N5O12. The summed E-state index contributed by atoms with van der Waals surface area (Å²) in [4.78, 5) is 53.9. The lowest BCUT2D eigenvalue weighted by molar-refractivity contribution is -0.296. The van der Waals surface area contributed by atoms with Gasteiger partial charge in [-0.2, -0.15) is 0 Å². The number of ether oxygens (including phenoxy) is 5. The van der Waals surface area contributed by atoms with Crippen molar-refractivity contribution in [2.75, 3.05) is 27.3 Å². The van der Waals surface area contributed by atoms with Crippen LogP contribution in [0, 0.1) is 17.8 Å². The predicted octanol–water partition coefficient (Wildman–Crippen LogP) is 4.35. The Kier molecular flexibility index (Phi) is 16.0. The normalized spacial score (nSPS) is 36.5. The van der Waals surface area contributed by atoms with Crippen LogP contribution in [-0.2, 0) is 49.5 Å². The molecule has 0 radical (unpaired) electrons. The number of rotatable bonds is 10. The lowest BCUT2D eigenvalue weighted by atomic mass is 9.76. The van der Waals surface area contributed by atoms with Gasteiger partial charge < -0.3 is 53.5 Å². The van der Waals surface area contributed by atoms with E-state index < -0.39 is 71.4 Å².